The van der Waals surface area contributed by atoms with E-state index in [9.17, 15) is 5.11 Å². The first-order valence-corrected chi connectivity index (χ1v) is 7.58. The fourth-order valence-corrected chi connectivity index (χ4v) is 3.15. The van der Waals surface area contributed by atoms with Crippen molar-refractivity contribution in [2.24, 2.45) is 0 Å². The van der Waals surface area contributed by atoms with E-state index in [0.717, 1.165) is 11.3 Å². The highest BCUT2D eigenvalue weighted by molar-refractivity contribution is 5.30. The van der Waals surface area contributed by atoms with Crippen LogP contribution >= 0.6 is 0 Å². The molecule has 0 saturated heterocycles. The van der Waals surface area contributed by atoms with Crippen LogP contribution in [0, 0.1) is 6.92 Å². The molecule has 0 radical (unpaired) electrons. The van der Waals surface area contributed by atoms with E-state index < -0.39 is 6.10 Å². The van der Waals surface area contributed by atoms with Crippen LogP contribution < -0.4 is 0 Å². The molecule has 0 bridgehead atoms. The molecule has 1 aliphatic carbocycles. The van der Waals surface area contributed by atoms with Crippen molar-refractivity contribution in [3.63, 3.8) is 0 Å². The van der Waals surface area contributed by atoms with E-state index in [2.05, 4.69) is 12.1 Å². The van der Waals surface area contributed by atoms with E-state index >= 15 is 0 Å². The zero-order valence-electron chi connectivity index (χ0n) is 12.0. The Labute approximate surface area is 120 Å². The molecular weight excluding hydrogens is 248 g/mol. The van der Waals surface area contributed by atoms with Gasteiger partial charge < -0.3 is 9.52 Å². The molecule has 1 atom stereocenters. The van der Waals surface area contributed by atoms with Crippen molar-refractivity contribution in [3.8, 4) is 0 Å². The Morgan fingerprint density at radius 1 is 1.00 bits per heavy atom. The van der Waals surface area contributed by atoms with Crippen molar-refractivity contribution in [2.75, 3.05) is 0 Å². The molecule has 2 nitrogen and oxygen atoms in total. The summed E-state index contributed by atoms with van der Waals surface area (Å²) in [6.07, 6.45) is 6.02. The summed E-state index contributed by atoms with van der Waals surface area (Å²) < 4.78 is 5.50. The Bertz CT molecular complexity index is 547. The standard InChI is InChI=1S/C18H22O2/c1-13-7-12-17(20-13)18(19)16-10-8-15(9-11-16)14-5-3-2-4-6-14/h7-12,14,18-19H,2-6H2,1H3. The van der Waals surface area contributed by atoms with Crippen molar-refractivity contribution >= 4 is 0 Å². The SMILES string of the molecule is Cc1ccc(C(O)c2ccc(C3CCCCC3)cc2)o1. The molecule has 1 fully saturated rings. The predicted octanol–water partition coefficient (Wildman–Crippen LogP) is 4.72. The maximum Gasteiger partial charge on any atom is 0.137 e. The number of benzene rings is 1. The summed E-state index contributed by atoms with van der Waals surface area (Å²) in [7, 11) is 0. The topological polar surface area (TPSA) is 33.4 Å². The van der Waals surface area contributed by atoms with E-state index in [0.29, 0.717) is 11.7 Å². The second-order valence-electron chi connectivity index (χ2n) is 5.85. The van der Waals surface area contributed by atoms with Gasteiger partial charge in [-0.3, -0.25) is 0 Å². The maximum absolute atomic E-state index is 10.3. The lowest BCUT2D eigenvalue weighted by Crippen LogP contribution is -2.05. The van der Waals surface area contributed by atoms with Crippen molar-refractivity contribution in [3.05, 3.63) is 59.0 Å². The zero-order chi connectivity index (χ0) is 13.9. The van der Waals surface area contributed by atoms with Gasteiger partial charge in [0, 0.05) is 0 Å². The summed E-state index contributed by atoms with van der Waals surface area (Å²) in [4.78, 5) is 0. The molecule has 1 aromatic carbocycles. The lowest BCUT2D eigenvalue weighted by Gasteiger charge is -2.22. The molecule has 3 rings (SSSR count). The molecule has 0 amide bonds. The van der Waals surface area contributed by atoms with Gasteiger partial charge in [0.2, 0.25) is 0 Å². The van der Waals surface area contributed by atoms with Gasteiger partial charge in [0.15, 0.2) is 0 Å². The van der Waals surface area contributed by atoms with Crippen LogP contribution in [-0.4, -0.2) is 5.11 Å². The van der Waals surface area contributed by atoms with Crippen LogP contribution in [0.3, 0.4) is 0 Å². The number of aliphatic hydroxyl groups excluding tert-OH is 1. The normalized spacial score (nSPS) is 18.1. The van der Waals surface area contributed by atoms with Gasteiger partial charge >= 0.3 is 0 Å². The molecule has 1 saturated carbocycles. The molecule has 1 unspecified atom stereocenters. The fourth-order valence-electron chi connectivity index (χ4n) is 3.15. The number of furan rings is 1. The van der Waals surface area contributed by atoms with Gasteiger partial charge in [0.25, 0.3) is 0 Å². The van der Waals surface area contributed by atoms with E-state index in [-0.39, 0.29) is 0 Å². The van der Waals surface area contributed by atoms with Gasteiger partial charge in [-0.2, -0.15) is 0 Å². The minimum Gasteiger partial charge on any atom is -0.463 e. The van der Waals surface area contributed by atoms with Gasteiger partial charge in [-0.25, -0.2) is 0 Å². The Morgan fingerprint density at radius 3 is 2.30 bits per heavy atom. The Kier molecular flexibility index (Phi) is 3.93. The highest BCUT2D eigenvalue weighted by atomic mass is 16.4. The van der Waals surface area contributed by atoms with Gasteiger partial charge in [-0.05, 0) is 48.9 Å². The highest BCUT2D eigenvalue weighted by Crippen LogP contribution is 2.33. The Morgan fingerprint density at radius 2 is 1.70 bits per heavy atom. The third kappa shape index (κ3) is 2.80. The van der Waals surface area contributed by atoms with Gasteiger partial charge in [0.1, 0.15) is 17.6 Å². The first-order valence-electron chi connectivity index (χ1n) is 7.58. The van der Waals surface area contributed by atoms with Gasteiger partial charge in [-0.1, -0.05) is 43.5 Å². The molecular formula is C18H22O2. The molecule has 106 valence electrons. The van der Waals surface area contributed by atoms with Crippen molar-refractivity contribution < 1.29 is 9.52 Å². The highest BCUT2D eigenvalue weighted by Gasteiger charge is 2.17. The summed E-state index contributed by atoms with van der Waals surface area (Å²) >= 11 is 0. The molecule has 2 heteroatoms. The smallest absolute Gasteiger partial charge is 0.137 e. The molecule has 20 heavy (non-hydrogen) atoms. The van der Waals surface area contributed by atoms with Crippen LogP contribution in [0.25, 0.3) is 0 Å². The lowest BCUT2D eigenvalue weighted by molar-refractivity contribution is 0.187. The van der Waals surface area contributed by atoms with Crippen LogP contribution in [-0.2, 0) is 0 Å². The summed E-state index contributed by atoms with van der Waals surface area (Å²) in [6.45, 7) is 1.89. The Balaban J connectivity index is 1.75. The summed E-state index contributed by atoms with van der Waals surface area (Å²) in [5.41, 5.74) is 2.31. The summed E-state index contributed by atoms with van der Waals surface area (Å²) in [5, 5.41) is 10.3. The average molecular weight is 270 g/mol. The van der Waals surface area contributed by atoms with Crippen LogP contribution in [0.2, 0.25) is 0 Å². The fraction of sp³-hybridized carbons (Fsp3) is 0.444. The quantitative estimate of drug-likeness (QED) is 0.875. The van der Waals surface area contributed by atoms with Crippen molar-refractivity contribution in [1.29, 1.82) is 0 Å². The number of hydrogen-bond donors (Lipinski definition) is 1. The lowest BCUT2D eigenvalue weighted by atomic mass is 9.84. The van der Waals surface area contributed by atoms with Gasteiger partial charge in [0.05, 0.1) is 0 Å². The number of rotatable bonds is 3. The maximum atomic E-state index is 10.3. The summed E-state index contributed by atoms with van der Waals surface area (Å²) in [5.74, 6) is 2.16. The van der Waals surface area contributed by atoms with Gasteiger partial charge in [-0.15, -0.1) is 0 Å². The van der Waals surface area contributed by atoms with E-state index in [1.54, 1.807) is 0 Å². The van der Waals surface area contributed by atoms with E-state index in [4.69, 9.17) is 4.42 Å². The predicted molar refractivity (Wildman–Crippen MR) is 79.8 cm³/mol. The second kappa shape index (κ2) is 5.84. The first-order chi connectivity index (χ1) is 9.74. The van der Waals surface area contributed by atoms with Crippen LogP contribution in [0.4, 0.5) is 0 Å². The molecule has 0 aliphatic heterocycles. The molecule has 1 heterocycles. The minimum atomic E-state index is -0.663. The molecule has 1 aromatic heterocycles. The van der Waals surface area contributed by atoms with E-state index in [1.807, 2.05) is 31.2 Å². The monoisotopic (exact) mass is 270 g/mol. The first kappa shape index (κ1) is 13.4. The van der Waals surface area contributed by atoms with Crippen molar-refractivity contribution in [2.45, 2.75) is 51.0 Å². The summed E-state index contributed by atoms with van der Waals surface area (Å²) in [6, 6.07) is 12.1. The van der Waals surface area contributed by atoms with Crippen LogP contribution in [0.15, 0.2) is 40.8 Å². The number of hydrogen-bond acceptors (Lipinski definition) is 2. The molecule has 1 aliphatic rings. The van der Waals surface area contributed by atoms with Crippen LogP contribution in [0.5, 0.6) is 0 Å². The minimum absolute atomic E-state index is 0.618. The number of aliphatic hydroxyl groups is 1. The third-order valence-corrected chi connectivity index (χ3v) is 4.36. The second-order valence-corrected chi connectivity index (χ2v) is 5.85. The third-order valence-electron chi connectivity index (χ3n) is 4.36. The number of aryl methyl sites for hydroxylation is 1. The largest absolute Gasteiger partial charge is 0.463 e. The van der Waals surface area contributed by atoms with Crippen LogP contribution in [0.1, 0.15) is 66.8 Å². The average Bonchev–Trinajstić information content (AvgIpc) is 2.94. The molecule has 2 aromatic rings. The van der Waals surface area contributed by atoms with E-state index in [1.165, 1.54) is 37.7 Å². The zero-order valence-corrected chi connectivity index (χ0v) is 12.0. The molecule has 1 N–H and O–H groups in total. The molecule has 0 spiro atoms. The van der Waals surface area contributed by atoms with Crippen molar-refractivity contribution in [1.82, 2.24) is 0 Å². The Hall–Kier alpha value is -1.54.